The highest BCUT2D eigenvalue weighted by Gasteiger charge is 2.34. The molecule has 1 N–H and O–H groups in total. The number of nitrogens with zero attached hydrogens (tertiary/aromatic N) is 2. The van der Waals surface area contributed by atoms with Gasteiger partial charge in [0.1, 0.15) is 6.07 Å². The zero-order valence-electron chi connectivity index (χ0n) is 10.8. The van der Waals surface area contributed by atoms with Crippen LogP contribution in [0.1, 0.15) is 24.0 Å². The van der Waals surface area contributed by atoms with Crippen molar-refractivity contribution in [3.63, 3.8) is 0 Å². The van der Waals surface area contributed by atoms with Crippen LogP contribution < -0.4 is 5.32 Å². The second kappa shape index (κ2) is 4.62. The maximum absolute atomic E-state index is 9.17. The summed E-state index contributed by atoms with van der Waals surface area (Å²) in [7, 11) is 0. The van der Waals surface area contributed by atoms with E-state index >= 15 is 0 Å². The molecule has 1 atom stereocenters. The van der Waals surface area contributed by atoms with Crippen LogP contribution in [0.5, 0.6) is 0 Å². The summed E-state index contributed by atoms with van der Waals surface area (Å²) in [6, 6.07) is 8.80. The van der Waals surface area contributed by atoms with Gasteiger partial charge in [0.15, 0.2) is 0 Å². The maximum Gasteiger partial charge on any atom is 0.101 e. The summed E-state index contributed by atoms with van der Waals surface area (Å²) in [5.41, 5.74) is 2.98. The number of benzene rings is 1. The predicted octanol–water partition coefficient (Wildman–Crippen LogP) is 2.37. The van der Waals surface area contributed by atoms with Crippen LogP contribution in [-0.2, 0) is 0 Å². The lowest BCUT2D eigenvalue weighted by molar-refractivity contribution is 0.0975. The molecule has 4 rings (SSSR count). The molecule has 2 bridgehead atoms. The van der Waals surface area contributed by atoms with E-state index in [-0.39, 0.29) is 0 Å². The zero-order valence-corrected chi connectivity index (χ0v) is 10.8. The van der Waals surface area contributed by atoms with Gasteiger partial charge in [0.25, 0.3) is 0 Å². The van der Waals surface area contributed by atoms with Crippen LogP contribution in [-0.4, -0.2) is 30.6 Å². The molecule has 3 heteroatoms. The smallest absolute Gasteiger partial charge is 0.101 e. The third kappa shape index (κ3) is 2.09. The Morgan fingerprint density at radius 2 is 2.11 bits per heavy atom. The van der Waals surface area contributed by atoms with Crippen molar-refractivity contribution in [2.45, 2.75) is 25.8 Å². The van der Waals surface area contributed by atoms with E-state index in [0.29, 0.717) is 6.04 Å². The Morgan fingerprint density at radius 3 is 2.72 bits per heavy atom. The molecule has 3 aliphatic rings. The van der Waals surface area contributed by atoms with Crippen LogP contribution >= 0.6 is 0 Å². The molecular weight excluding hydrogens is 222 g/mol. The third-order valence-electron chi connectivity index (χ3n) is 4.29. The molecule has 0 radical (unpaired) electrons. The molecule has 1 aromatic rings. The highest BCUT2D eigenvalue weighted by atomic mass is 15.2. The van der Waals surface area contributed by atoms with Crippen LogP contribution in [0, 0.1) is 24.2 Å². The van der Waals surface area contributed by atoms with Crippen LogP contribution in [0.3, 0.4) is 0 Å². The molecule has 3 saturated heterocycles. The van der Waals surface area contributed by atoms with Gasteiger partial charge < -0.3 is 10.2 Å². The summed E-state index contributed by atoms with van der Waals surface area (Å²) < 4.78 is 0. The van der Waals surface area contributed by atoms with Crippen molar-refractivity contribution in [2.75, 3.05) is 25.0 Å². The molecular formula is C15H19N3. The molecule has 94 valence electrons. The summed E-state index contributed by atoms with van der Waals surface area (Å²) in [6.45, 7) is 5.70. The summed E-state index contributed by atoms with van der Waals surface area (Å²) in [5, 5.41) is 12.8. The maximum atomic E-state index is 9.17. The molecule has 3 aliphatic heterocycles. The van der Waals surface area contributed by atoms with Crippen molar-refractivity contribution in [2.24, 2.45) is 5.92 Å². The van der Waals surface area contributed by atoms with E-state index in [1.54, 1.807) is 0 Å². The minimum Gasteiger partial charge on any atom is -0.380 e. The molecule has 18 heavy (non-hydrogen) atoms. The van der Waals surface area contributed by atoms with Crippen molar-refractivity contribution in [3.8, 4) is 6.07 Å². The first-order valence-electron chi connectivity index (χ1n) is 6.76. The van der Waals surface area contributed by atoms with Crippen LogP contribution in [0.2, 0.25) is 0 Å². The van der Waals surface area contributed by atoms with E-state index < -0.39 is 0 Å². The molecule has 3 nitrogen and oxygen atoms in total. The SMILES string of the molecule is Cc1ccc(C#N)c(NC2CN3CCC2CC3)c1. The topological polar surface area (TPSA) is 39.1 Å². The van der Waals surface area contributed by atoms with E-state index in [2.05, 4.69) is 29.3 Å². The van der Waals surface area contributed by atoms with Crippen molar-refractivity contribution in [1.82, 2.24) is 4.90 Å². The summed E-state index contributed by atoms with van der Waals surface area (Å²) >= 11 is 0. The van der Waals surface area contributed by atoms with Gasteiger partial charge in [0.05, 0.1) is 11.3 Å². The molecule has 0 amide bonds. The van der Waals surface area contributed by atoms with Gasteiger partial charge in [-0.15, -0.1) is 0 Å². The van der Waals surface area contributed by atoms with Crippen LogP contribution in [0.25, 0.3) is 0 Å². The average molecular weight is 241 g/mol. The Morgan fingerprint density at radius 1 is 1.33 bits per heavy atom. The normalized spacial score (nSPS) is 29.9. The Kier molecular flexibility index (Phi) is 2.97. The van der Waals surface area contributed by atoms with Gasteiger partial charge in [-0.05, 0) is 56.5 Å². The minimum absolute atomic E-state index is 0.515. The van der Waals surface area contributed by atoms with Gasteiger partial charge in [-0.3, -0.25) is 0 Å². The van der Waals surface area contributed by atoms with E-state index in [9.17, 15) is 5.26 Å². The Bertz CT molecular complexity index is 481. The van der Waals surface area contributed by atoms with Crippen LogP contribution in [0.15, 0.2) is 18.2 Å². The number of aryl methyl sites for hydroxylation is 1. The average Bonchev–Trinajstić information content (AvgIpc) is 2.40. The number of hydrogen-bond acceptors (Lipinski definition) is 3. The second-order valence-electron chi connectivity index (χ2n) is 5.55. The van der Waals surface area contributed by atoms with Crippen molar-refractivity contribution in [3.05, 3.63) is 29.3 Å². The standard InChI is InChI=1S/C15H19N3/c1-11-2-3-13(9-16)14(8-11)17-15-10-18-6-4-12(15)5-7-18/h2-3,8,12,15,17H,4-7,10H2,1H3. The molecule has 0 aliphatic carbocycles. The number of nitrogens with one attached hydrogen (secondary N) is 1. The third-order valence-corrected chi connectivity index (χ3v) is 4.29. The minimum atomic E-state index is 0.515. The van der Waals surface area contributed by atoms with E-state index in [0.717, 1.165) is 23.7 Å². The first kappa shape index (κ1) is 11.6. The Balaban J connectivity index is 1.80. The lowest BCUT2D eigenvalue weighted by atomic mass is 9.84. The fraction of sp³-hybridized carbons (Fsp3) is 0.533. The van der Waals surface area contributed by atoms with E-state index in [1.807, 2.05) is 12.1 Å². The molecule has 1 aromatic carbocycles. The second-order valence-corrected chi connectivity index (χ2v) is 5.55. The molecule has 3 fully saturated rings. The number of piperidine rings is 3. The number of anilines is 1. The number of hydrogen-bond donors (Lipinski definition) is 1. The summed E-state index contributed by atoms with van der Waals surface area (Å²) in [6.07, 6.45) is 2.59. The van der Waals surface area contributed by atoms with Gasteiger partial charge in [-0.25, -0.2) is 0 Å². The number of fused-ring (bicyclic) bond motifs is 3. The van der Waals surface area contributed by atoms with Crippen molar-refractivity contribution in [1.29, 1.82) is 5.26 Å². The molecule has 0 aromatic heterocycles. The van der Waals surface area contributed by atoms with Gasteiger partial charge in [0.2, 0.25) is 0 Å². The predicted molar refractivity (Wildman–Crippen MR) is 72.5 cm³/mol. The highest BCUT2D eigenvalue weighted by Crippen LogP contribution is 2.30. The van der Waals surface area contributed by atoms with Gasteiger partial charge >= 0.3 is 0 Å². The van der Waals surface area contributed by atoms with E-state index in [1.165, 1.54) is 31.5 Å². The lowest BCUT2D eigenvalue weighted by Crippen LogP contribution is -2.53. The molecule has 0 spiro atoms. The van der Waals surface area contributed by atoms with Gasteiger partial charge in [-0.2, -0.15) is 5.26 Å². The summed E-state index contributed by atoms with van der Waals surface area (Å²) in [5.74, 6) is 0.780. The first-order chi connectivity index (χ1) is 8.76. The number of nitriles is 1. The molecule has 1 unspecified atom stereocenters. The molecule has 3 heterocycles. The monoisotopic (exact) mass is 241 g/mol. The van der Waals surface area contributed by atoms with Gasteiger partial charge in [-0.1, -0.05) is 6.07 Å². The zero-order chi connectivity index (χ0) is 12.5. The van der Waals surface area contributed by atoms with Gasteiger partial charge in [0, 0.05) is 12.6 Å². The quantitative estimate of drug-likeness (QED) is 0.864. The first-order valence-corrected chi connectivity index (χ1v) is 6.76. The highest BCUT2D eigenvalue weighted by molar-refractivity contribution is 5.59. The fourth-order valence-electron chi connectivity index (χ4n) is 3.20. The lowest BCUT2D eigenvalue weighted by Gasteiger charge is -2.45. The Labute approximate surface area is 108 Å². The number of rotatable bonds is 2. The summed E-state index contributed by atoms with van der Waals surface area (Å²) in [4.78, 5) is 2.53. The van der Waals surface area contributed by atoms with Crippen molar-refractivity contribution >= 4 is 5.69 Å². The largest absolute Gasteiger partial charge is 0.380 e. The Hall–Kier alpha value is -1.53. The fourth-order valence-corrected chi connectivity index (χ4v) is 3.20. The van der Waals surface area contributed by atoms with Crippen molar-refractivity contribution < 1.29 is 0 Å². The van der Waals surface area contributed by atoms with Crippen LogP contribution in [0.4, 0.5) is 5.69 Å². The van der Waals surface area contributed by atoms with E-state index in [4.69, 9.17) is 0 Å². The molecule has 0 saturated carbocycles.